The molecule has 1 heterocycles. The van der Waals surface area contributed by atoms with E-state index in [0.29, 0.717) is 19.1 Å². The van der Waals surface area contributed by atoms with E-state index < -0.39 is 0 Å². The molecule has 108 valence electrons. The van der Waals surface area contributed by atoms with E-state index in [-0.39, 0.29) is 0 Å². The van der Waals surface area contributed by atoms with Crippen LogP contribution in [0.4, 0.5) is 5.82 Å². The Bertz CT molecular complexity index is 359. The average Bonchev–Trinajstić information content (AvgIpc) is 2.43. The topological polar surface area (TPSA) is 56.3 Å². The van der Waals surface area contributed by atoms with Crippen LogP contribution in [0.25, 0.3) is 0 Å². The van der Waals surface area contributed by atoms with Gasteiger partial charge in [-0.1, -0.05) is 20.3 Å². The monoisotopic (exact) mass is 267 g/mol. The Morgan fingerprint density at radius 2 is 1.95 bits per heavy atom. The zero-order valence-corrected chi connectivity index (χ0v) is 12.2. The Morgan fingerprint density at radius 1 is 1.11 bits per heavy atom. The SMILES string of the molecule is CCCCOCCOc1cc(NC)nc(CCC)n1. The van der Waals surface area contributed by atoms with E-state index in [2.05, 4.69) is 29.1 Å². The number of nitrogens with one attached hydrogen (secondary N) is 1. The molecule has 5 heteroatoms. The summed E-state index contributed by atoms with van der Waals surface area (Å²) in [5, 5.41) is 3.02. The highest BCUT2D eigenvalue weighted by Gasteiger charge is 2.04. The van der Waals surface area contributed by atoms with Crippen LogP contribution >= 0.6 is 0 Å². The molecule has 0 aromatic carbocycles. The third-order valence-electron chi connectivity index (χ3n) is 2.60. The van der Waals surface area contributed by atoms with Crippen molar-refractivity contribution in [2.45, 2.75) is 39.5 Å². The zero-order valence-electron chi connectivity index (χ0n) is 12.2. The lowest BCUT2D eigenvalue weighted by molar-refractivity contribution is 0.0964. The first-order chi connectivity index (χ1) is 9.30. The third kappa shape index (κ3) is 6.38. The molecule has 1 N–H and O–H groups in total. The predicted octanol–water partition coefficient (Wildman–Crippen LogP) is 2.67. The van der Waals surface area contributed by atoms with Gasteiger partial charge in [-0.2, -0.15) is 4.98 Å². The molecule has 1 aromatic heterocycles. The largest absolute Gasteiger partial charge is 0.475 e. The van der Waals surface area contributed by atoms with E-state index in [4.69, 9.17) is 9.47 Å². The minimum atomic E-state index is 0.523. The molecule has 0 saturated carbocycles. The molecule has 5 nitrogen and oxygen atoms in total. The summed E-state index contributed by atoms with van der Waals surface area (Å²) in [5.74, 6) is 2.22. The molecule has 0 unspecified atom stereocenters. The van der Waals surface area contributed by atoms with Crippen LogP contribution in [-0.4, -0.2) is 36.8 Å². The Hall–Kier alpha value is -1.36. The lowest BCUT2D eigenvalue weighted by Gasteiger charge is -2.09. The van der Waals surface area contributed by atoms with Crippen LogP contribution in [0.5, 0.6) is 5.88 Å². The molecule has 0 aliphatic rings. The fourth-order valence-electron chi connectivity index (χ4n) is 1.56. The number of hydrogen-bond donors (Lipinski definition) is 1. The fraction of sp³-hybridized carbons (Fsp3) is 0.714. The summed E-state index contributed by atoms with van der Waals surface area (Å²) in [4.78, 5) is 8.75. The second-order valence-electron chi connectivity index (χ2n) is 4.32. The Morgan fingerprint density at radius 3 is 2.63 bits per heavy atom. The van der Waals surface area contributed by atoms with Gasteiger partial charge >= 0.3 is 0 Å². The molecule has 0 fully saturated rings. The highest BCUT2D eigenvalue weighted by molar-refractivity contribution is 5.37. The van der Waals surface area contributed by atoms with Gasteiger partial charge in [0.05, 0.1) is 6.61 Å². The first-order valence-corrected chi connectivity index (χ1v) is 7.06. The molecule has 0 spiro atoms. The van der Waals surface area contributed by atoms with Crippen LogP contribution in [0.3, 0.4) is 0 Å². The van der Waals surface area contributed by atoms with Gasteiger partial charge < -0.3 is 14.8 Å². The van der Waals surface area contributed by atoms with Gasteiger partial charge in [0.15, 0.2) is 0 Å². The van der Waals surface area contributed by atoms with E-state index in [0.717, 1.165) is 43.9 Å². The molecular weight excluding hydrogens is 242 g/mol. The van der Waals surface area contributed by atoms with Gasteiger partial charge in [0.1, 0.15) is 18.2 Å². The molecule has 0 atom stereocenters. The number of anilines is 1. The van der Waals surface area contributed by atoms with Gasteiger partial charge in [0.25, 0.3) is 0 Å². The molecule has 0 bridgehead atoms. The summed E-state index contributed by atoms with van der Waals surface area (Å²) in [6.07, 6.45) is 4.13. The van der Waals surface area contributed by atoms with Gasteiger partial charge in [0.2, 0.25) is 5.88 Å². The Balaban J connectivity index is 2.41. The van der Waals surface area contributed by atoms with Crippen molar-refractivity contribution in [3.63, 3.8) is 0 Å². The van der Waals surface area contributed by atoms with E-state index in [1.165, 1.54) is 0 Å². The minimum absolute atomic E-state index is 0.523. The Labute approximate surface area is 115 Å². The summed E-state index contributed by atoms with van der Waals surface area (Å²) in [6, 6.07) is 1.81. The van der Waals surface area contributed by atoms with Crippen LogP contribution in [0, 0.1) is 0 Å². The normalized spacial score (nSPS) is 10.5. The van der Waals surface area contributed by atoms with Gasteiger partial charge in [-0.25, -0.2) is 4.98 Å². The van der Waals surface area contributed by atoms with Gasteiger partial charge in [-0.3, -0.25) is 0 Å². The van der Waals surface area contributed by atoms with Crippen molar-refractivity contribution in [3.05, 3.63) is 11.9 Å². The quantitative estimate of drug-likeness (QED) is 0.660. The molecule has 19 heavy (non-hydrogen) atoms. The fourth-order valence-corrected chi connectivity index (χ4v) is 1.56. The molecule has 0 aliphatic carbocycles. The van der Waals surface area contributed by atoms with Crippen molar-refractivity contribution in [3.8, 4) is 5.88 Å². The average molecular weight is 267 g/mol. The van der Waals surface area contributed by atoms with Crippen molar-refractivity contribution < 1.29 is 9.47 Å². The molecule has 0 radical (unpaired) electrons. The molecule has 0 amide bonds. The standard InChI is InChI=1S/C14H25N3O2/c1-4-6-8-18-9-10-19-14-11-13(15-3)16-12(17-14)7-5-2/h11H,4-10H2,1-3H3,(H,15,16,17). The maximum atomic E-state index is 5.60. The van der Waals surface area contributed by atoms with Crippen molar-refractivity contribution in [2.75, 3.05) is 32.2 Å². The third-order valence-corrected chi connectivity index (χ3v) is 2.60. The number of ether oxygens (including phenoxy) is 2. The van der Waals surface area contributed by atoms with E-state index in [9.17, 15) is 0 Å². The number of aromatic nitrogens is 2. The summed E-state index contributed by atoms with van der Waals surface area (Å²) in [5.41, 5.74) is 0. The minimum Gasteiger partial charge on any atom is -0.475 e. The molecule has 0 aliphatic heterocycles. The molecular formula is C14H25N3O2. The van der Waals surface area contributed by atoms with Crippen LogP contribution in [-0.2, 0) is 11.2 Å². The molecule has 1 rings (SSSR count). The second-order valence-corrected chi connectivity index (χ2v) is 4.32. The van der Waals surface area contributed by atoms with Crippen molar-refractivity contribution >= 4 is 5.82 Å². The maximum Gasteiger partial charge on any atom is 0.218 e. The van der Waals surface area contributed by atoms with Gasteiger partial charge in [0, 0.05) is 26.1 Å². The summed E-state index contributed by atoms with van der Waals surface area (Å²) >= 11 is 0. The smallest absolute Gasteiger partial charge is 0.218 e. The first-order valence-electron chi connectivity index (χ1n) is 7.06. The van der Waals surface area contributed by atoms with E-state index in [1.54, 1.807) is 0 Å². The second kappa shape index (κ2) is 9.55. The van der Waals surface area contributed by atoms with Crippen LogP contribution in [0.2, 0.25) is 0 Å². The van der Waals surface area contributed by atoms with Crippen LogP contribution in [0.15, 0.2) is 6.07 Å². The van der Waals surface area contributed by atoms with E-state index >= 15 is 0 Å². The number of aryl methyl sites for hydroxylation is 1. The maximum absolute atomic E-state index is 5.60. The first kappa shape index (κ1) is 15.7. The highest BCUT2D eigenvalue weighted by Crippen LogP contribution is 2.14. The number of nitrogens with zero attached hydrogens (tertiary/aromatic N) is 2. The zero-order chi connectivity index (χ0) is 13.9. The van der Waals surface area contributed by atoms with Crippen molar-refractivity contribution in [1.82, 2.24) is 9.97 Å². The number of rotatable bonds is 10. The summed E-state index contributed by atoms with van der Waals surface area (Å²) < 4.78 is 11.0. The number of hydrogen-bond acceptors (Lipinski definition) is 5. The summed E-state index contributed by atoms with van der Waals surface area (Å²) in [6.45, 7) is 6.18. The lowest BCUT2D eigenvalue weighted by atomic mass is 10.3. The lowest BCUT2D eigenvalue weighted by Crippen LogP contribution is -2.10. The van der Waals surface area contributed by atoms with Crippen molar-refractivity contribution in [2.24, 2.45) is 0 Å². The van der Waals surface area contributed by atoms with Crippen molar-refractivity contribution in [1.29, 1.82) is 0 Å². The molecule has 0 saturated heterocycles. The Kier molecular flexibility index (Phi) is 7.89. The summed E-state index contributed by atoms with van der Waals surface area (Å²) in [7, 11) is 1.84. The van der Waals surface area contributed by atoms with E-state index in [1.807, 2.05) is 13.1 Å². The van der Waals surface area contributed by atoms with Crippen LogP contribution < -0.4 is 10.1 Å². The van der Waals surface area contributed by atoms with Gasteiger partial charge in [-0.15, -0.1) is 0 Å². The van der Waals surface area contributed by atoms with Gasteiger partial charge in [-0.05, 0) is 12.8 Å². The van der Waals surface area contributed by atoms with Crippen LogP contribution in [0.1, 0.15) is 38.9 Å². The highest BCUT2D eigenvalue weighted by atomic mass is 16.5. The predicted molar refractivity (Wildman–Crippen MR) is 76.8 cm³/mol. The molecule has 1 aromatic rings. The number of unbranched alkanes of at least 4 members (excludes halogenated alkanes) is 1.